The maximum atomic E-state index is 12.6. The van der Waals surface area contributed by atoms with Gasteiger partial charge in [0, 0.05) is 19.5 Å². The molecule has 24 heavy (non-hydrogen) atoms. The lowest BCUT2D eigenvalue weighted by Gasteiger charge is -2.31. The molecule has 4 nitrogen and oxygen atoms in total. The van der Waals surface area contributed by atoms with Crippen molar-refractivity contribution < 1.29 is 9.59 Å². The van der Waals surface area contributed by atoms with Gasteiger partial charge in [-0.05, 0) is 31.2 Å². The number of nitrogens with zero attached hydrogens (tertiary/aromatic N) is 1. The van der Waals surface area contributed by atoms with Crippen LogP contribution in [0.5, 0.6) is 0 Å². The Kier molecular flexibility index (Phi) is 8.51. The Labute approximate surface area is 146 Å². The molecule has 1 unspecified atom stereocenters. The summed E-state index contributed by atoms with van der Waals surface area (Å²) in [6, 6.07) is 7.72. The van der Waals surface area contributed by atoms with Crippen molar-refractivity contribution in [3.8, 4) is 0 Å². The van der Waals surface area contributed by atoms with Gasteiger partial charge in [0.05, 0.1) is 0 Å². The predicted octanol–water partition coefficient (Wildman–Crippen LogP) is 3.67. The number of amides is 2. The molecule has 0 aromatic heterocycles. The fourth-order valence-electron chi connectivity index (χ4n) is 2.59. The smallest absolute Gasteiger partial charge is 0.242 e. The highest BCUT2D eigenvalue weighted by atomic mass is 16.2. The molecule has 1 rings (SSSR count). The minimum Gasteiger partial charge on any atom is -0.354 e. The van der Waals surface area contributed by atoms with Gasteiger partial charge >= 0.3 is 0 Å². The van der Waals surface area contributed by atoms with Gasteiger partial charge in [0.1, 0.15) is 6.04 Å². The van der Waals surface area contributed by atoms with Crippen LogP contribution in [0.4, 0.5) is 0 Å². The second-order valence-electron chi connectivity index (χ2n) is 6.82. The summed E-state index contributed by atoms with van der Waals surface area (Å²) in [6.45, 7) is 11.2. The lowest BCUT2D eigenvalue weighted by Crippen LogP contribution is -2.49. The molecule has 0 aliphatic carbocycles. The van der Waals surface area contributed by atoms with Crippen LogP contribution in [0.15, 0.2) is 24.3 Å². The molecule has 1 aromatic rings. The largest absolute Gasteiger partial charge is 0.354 e. The molecule has 1 aromatic carbocycles. The molecule has 0 fully saturated rings. The lowest BCUT2D eigenvalue weighted by atomic mass is 10.1. The monoisotopic (exact) mass is 332 g/mol. The highest BCUT2D eigenvalue weighted by Crippen LogP contribution is 2.15. The SMILES string of the molecule is CCCC(=O)N(Cc1ccc(C)cc1)C(CC)C(=O)NCC(C)C. The molecule has 0 radical (unpaired) electrons. The molecular weight excluding hydrogens is 300 g/mol. The van der Waals surface area contributed by atoms with E-state index in [-0.39, 0.29) is 11.8 Å². The average molecular weight is 332 g/mol. The maximum Gasteiger partial charge on any atom is 0.242 e. The van der Waals surface area contributed by atoms with Crippen molar-refractivity contribution in [3.05, 3.63) is 35.4 Å². The van der Waals surface area contributed by atoms with Crippen molar-refractivity contribution in [2.24, 2.45) is 5.92 Å². The fraction of sp³-hybridized carbons (Fsp3) is 0.600. The summed E-state index contributed by atoms with van der Waals surface area (Å²) in [6.07, 6.45) is 1.87. The summed E-state index contributed by atoms with van der Waals surface area (Å²) < 4.78 is 0. The van der Waals surface area contributed by atoms with E-state index in [1.54, 1.807) is 4.90 Å². The molecule has 0 aliphatic heterocycles. The van der Waals surface area contributed by atoms with Gasteiger partial charge in [0.15, 0.2) is 0 Å². The summed E-state index contributed by atoms with van der Waals surface area (Å²) in [5.41, 5.74) is 2.24. The standard InChI is InChI=1S/C20H32N2O2/c1-6-8-19(23)22(14-17-11-9-16(5)10-12-17)18(7-2)20(24)21-13-15(3)4/h9-12,15,18H,6-8,13-14H2,1-5H3,(H,21,24). The molecular formula is C20H32N2O2. The Bertz CT molecular complexity index is 523. The first kappa shape index (κ1) is 20.2. The van der Waals surface area contributed by atoms with Gasteiger partial charge in [-0.15, -0.1) is 0 Å². The Hall–Kier alpha value is -1.84. The van der Waals surface area contributed by atoms with E-state index in [0.717, 1.165) is 12.0 Å². The number of nitrogens with one attached hydrogen (secondary N) is 1. The topological polar surface area (TPSA) is 49.4 Å². The molecule has 0 bridgehead atoms. The zero-order valence-corrected chi connectivity index (χ0v) is 15.8. The van der Waals surface area contributed by atoms with Crippen LogP contribution in [-0.4, -0.2) is 29.3 Å². The van der Waals surface area contributed by atoms with Crippen molar-refractivity contribution in [1.29, 1.82) is 0 Å². The number of hydrogen-bond acceptors (Lipinski definition) is 2. The van der Waals surface area contributed by atoms with Crippen molar-refractivity contribution in [2.45, 2.75) is 66.5 Å². The van der Waals surface area contributed by atoms with E-state index in [0.29, 0.717) is 31.8 Å². The van der Waals surface area contributed by atoms with E-state index in [4.69, 9.17) is 0 Å². The summed E-state index contributed by atoms with van der Waals surface area (Å²) in [4.78, 5) is 26.9. The Balaban J connectivity index is 2.94. The Morgan fingerprint density at radius 2 is 1.75 bits per heavy atom. The number of hydrogen-bond donors (Lipinski definition) is 1. The van der Waals surface area contributed by atoms with E-state index in [2.05, 4.69) is 19.2 Å². The third-order valence-corrected chi connectivity index (χ3v) is 4.01. The first-order valence-corrected chi connectivity index (χ1v) is 9.01. The van der Waals surface area contributed by atoms with Crippen molar-refractivity contribution >= 4 is 11.8 Å². The fourth-order valence-corrected chi connectivity index (χ4v) is 2.59. The van der Waals surface area contributed by atoms with Gasteiger partial charge in [-0.3, -0.25) is 9.59 Å². The molecule has 134 valence electrons. The van der Waals surface area contributed by atoms with E-state index in [1.165, 1.54) is 5.56 Å². The zero-order valence-electron chi connectivity index (χ0n) is 15.8. The van der Waals surface area contributed by atoms with E-state index < -0.39 is 6.04 Å². The van der Waals surface area contributed by atoms with Gasteiger partial charge < -0.3 is 10.2 Å². The van der Waals surface area contributed by atoms with Gasteiger partial charge in [-0.25, -0.2) is 0 Å². The van der Waals surface area contributed by atoms with Gasteiger partial charge in [-0.2, -0.15) is 0 Å². The third kappa shape index (κ3) is 6.34. The van der Waals surface area contributed by atoms with E-state index in [1.807, 2.05) is 45.0 Å². The molecule has 1 N–H and O–H groups in total. The van der Waals surface area contributed by atoms with E-state index in [9.17, 15) is 9.59 Å². The normalized spacial score (nSPS) is 12.1. The molecule has 1 atom stereocenters. The molecule has 0 saturated carbocycles. The van der Waals surface area contributed by atoms with Crippen molar-refractivity contribution in [3.63, 3.8) is 0 Å². The number of carbonyl (C=O) groups is 2. The maximum absolute atomic E-state index is 12.6. The second kappa shape index (κ2) is 10.1. The molecule has 0 spiro atoms. The molecule has 0 aliphatic rings. The van der Waals surface area contributed by atoms with Gasteiger partial charge in [-0.1, -0.05) is 57.5 Å². The summed E-state index contributed by atoms with van der Waals surface area (Å²) in [7, 11) is 0. The van der Waals surface area contributed by atoms with Crippen molar-refractivity contribution in [1.82, 2.24) is 10.2 Å². The second-order valence-corrected chi connectivity index (χ2v) is 6.82. The number of benzene rings is 1. The average Bonchev–Trinajstić information content (AvgIpc) is 2.54. The minimum atomic E-state index is -0.413. The summed E-state index contributed by atoms with van der Waals surface area (Å²) in [5.74, 6) is 0.385. The van der Waals surface area contributed by atoms with Gasteiger partial charge in [0.25, 0.3) is 0 Å². The van der Waals surface area contributed by atoms with Crippen LogP contribution in [0.3, 0.4) is 0 Å². The molecule has 0 heterocycles. The van der Waals surface area contributed by atoms with Gasteiger partial charge in [0.2, 0.25) is 11.8 Å². The number of aryl methyl sites for hydroxylation is 1. The highest BCUT2D eigenvalue weighted by molar-refractivity contribution is 5.87. The summed E-state index contributed by atoms with van der Waals surface area (Å²) in [5, 5.41) is 2.97. The quantitative estimate of drug-likeness (QED) is 0.750. The van der Waals surface area contributed by atoms with Crippen LogP contribution >= 0.6 is 0 Å². The first-order valence-electron chi connectivity index (χ1n) is 9.01. The molecule has 2 amide bonds. The van der Waals surface area contributed by atoms with Crippen LogP contribution < -0.4 is 5.32 Å². The highest BCUT2D eigenvalue weighted by Gasteiger charge is 2.27. The number of carbonyl (C=O) groups excluding carboxylic acids is 2. The molecule has 4 heteroatoms. The van der Waals surface area contributed by atoms with Crippen molar-refractivity contribution in [2.75, 3.05) is 6.54 Å². The van der Waals surface area contributed by atoms with Crippen LogP contribution in [0.2, 0.25) is 0 Å². The Morgan fingerprint density at radius 1 is 1.12 bits per heavy atom. The predicted molar refractivity (Wildman–Crippen MR) is 98.6 cm³/mol. The number of rotatable bonds is 9. The van der Waals surface area contributed by atoms with Crippen LogP contribution in [0.1, 0.15) is 58.1 Å². The first-order chi connectivity index (χ1) is 11.4. The van der Waals surface area contributed by atoms with Crippen LogP contribution in [0.25, 0.3) is 0 Å². The third-order valence-electron chi connectivity index (χ3n) is 4.01. The van der Waals surface area contributed by atoms with Crippen LogP contribution in [-0.2, 0) is 16.1 Å². The van der Waals surface area contributed by atoms with Crippen LogP contribution in [0, 0.1) is 12.8 Å². The lowest BCUT2D eigenvalue weighted by molar-refractivity contribution is -0.141. The minimum absolute atomic E-state index is 0.0459. The Morgan fingerprint density at radius 3 is 2.25 bits per heavy atom. The zero-order chi connectivity index (χ0) is 18.1. The molecule has 0 saturated heterocycles. The summed E-state index contributed by atoms with van der Waals surface area (Å²) >= 11 is 0. The van der Waals surface area contributed by atoms with E-state index >= 15 is 0 Å².